The molecule has 0 aliphatic heterocycles. The molecule has 0 aromatic carbocycles. The fourth-order valence-corrected chi connectivity index (χ4v) is 0.985. The van der Waals surface area contributed by atoms with Gasteiger partial charge < -0.3 is 0 Å². The summed E-state index contributed by atoms with van der Waals surface area (Å²) in [5.41, 5.74) is 0. The van der Waals surface area contributed by atoms with Crippen LogP contribution in [0.1, 0.15) is 12.8 Å². The maximum atomic E-state index is 6.98. The van der Waals surface area contributed by atoms with Crippen molar-refractivity contribution in [2.75, 3.05) is 4.43 Å². The summed E-state index contributed by atoms with van der Waals surface area (Å²) in [5, 5.41) is 6.98. The molecule has 0 atom stereocenters. The van der Waals surface area contributed by atoms with Gasteiger partial charge in [-0.1, -0.05) is 22.6 Å². The predicted octanol–water partition coefficient (Wildman–Crippen LogP) is 2.61. The Labute approximate surface area is 71.0 Å². The Hall–Kier alpha value is 1.13. The van der Waals surface area contributed by atoms with Crippen molar-refractivity contribution in [3.63, 3.8) is 0 Å². The van der Waals surface area contributed by atoms with E-state index in [9.17, 15) is 0 Å². The maximum Gasteiger partial charge on any atom is 0.0694 e. The molecule has 1 nitrogen and oxygen atoms in total. The van der Waals surface area contributed by atoms with Crippen LogP contribution in [0.4, 0.5) is 0 Å². The van der Waals surface area contributed by atoms with Crippen LogP contribution in [-0.4, -0.2) is 8.15 Å². The van der Waals surface area contributed by atoms with Crippen molar-refractivity contribution >= 4 is 48.9 Å². The summed E-state index contributed by atoms with van der Waals surface area (Å²) in [6.07, 6.45) is 2.12. The molecule has 0 radical (unpaired) electrons. The molecule has 0 saturated carbocycles. The van der Waals surface area contributed by atoms with E-state index >= 15 is 0 Å². The van der Waals surface area contributed by atoms with Gasteiger partial charge in [-0.25, -0.2) is 0 Å². The third-order valence-corrected chi connectivity index (χ3v) is 1.83. The Morgan fingerprint density at radius 3 is 2.29 bits per heavy atom. The minimum absolute atomic E-state index is 0.772. The lowest BCUT2D eigenvalue weighted by atomic mass is 10.4. The molecule has 0 unspecified atom stereocenters. The van der Waals surface area contributed by atoms with Gasteiger partial charge in [-0.2, -0.15) is 0 Å². The number of hydrogen-bond acceptors (Lipinski definition) is 1. The van der Waals surface area contributed by atoms with E-state index < -0.39 is 0 Å². The molecule has 0 bridgehead atoms. The highest BCUT2D eigenvalue weighted by Crippen LogP contribution is 1.99. The lowest BCUT2D eigenvalue weighted by molar-refractivity contribution is 1.03. The average Bonchev–Trinajstić information content (AvgIpc) is 1.61. The van der Waals surface area contributed by atoms with E-state index in [1.807, 2.05) is 22.6 Å². The van der Waals surface area contributed by atoms with Gasteiger partial charge in [0.25, 0.3) is 0 Å². The minimum Gasteiger partial charge on any atom is -0.299 e. The van der Waals surface area contributed by atoms with E-state index in [0.717, 1.165) is 16.6 Å². The molecule has 0 spiro atoms. The first-order chi connectivity index (χ1) is 3.27. The number of rotatable bonds is 3. The van der Waals surface area contributed by atoms with E-state index in [-0.39, 0.29) is 0 Å². The summed E-state index contributed by atoms with van der Waals surface area (Å²) < 4.78 is 1.94. The summed E-state index contributed by atoms with van der Waals surface area (Å²) in [4.78, 5) is 0. The van der Waals surface area contributed by atoms with E-state index in [1.165, 1.54) is 4.43 Å². The van der Waals surface area contributed by atoms with Crippen LogP contribution in [0.25, 0.3) is 0 Å². The van der Waals surface area contributed by atoms with Crippen molar-refractivity contribution in [2.45, 2.75) is 12.8 Å². The molecular weight excluding hydrogens is 316 g/mol. The van der Waals surface area contributed by atoms with Crippen LogP contribution < -0.4 is 0 Å². The van der Waals surface area contributed by atoms with Crippen LogP contribution >= 0.6 is 45.2 Å². The molecule has 42 valence electrons. The van der Waals surface area contributed by atoms with Gasteiger partial charge in [0.15, 0.2) is 0 Å². The number of halogens is 2. The molecule has 7 heavy (non-hydrogen) atoms. The second-order valence-electron chi connectivity index (χ2n) is 1.20. The Kier molecular flexibility index (Phi) is 6.12. The Balaban J connectivity index is 2.82. The highest BCUT2D eigenvalue weighted by molar-refractivity contribution is 14.1. The Bertz CT molecular complexity index is 62.7. The van der Waals surface area contributed by atoms with Crippen molar-refractivity contribution < 1.29 is 0 Å². The van der Waals surface area contributed by atoms with Gasteiger partial charge in [-0.15, -0.1) is 0 Å². The standard InChI is InChI=1S/C4H7I2N/c5-3-1-2-4(6)7/h7H,1-3H2. The second-order valence-corrected chi connectivity index (χ2v) is 3.58. The monoisotopic (exact) mass is 323 g/mol. The van der Waals surface area contributed by atoms with E-state index in [1.54, 1.807) is 0 Å². The largest absolute Gasteiger partial charge is 0.299 e. The summed E-state index contributed by atoms with van der Waals surface area (Å²) in [6.45, 7) is 0. The van der Waals surface area contributed by atoms with Crippen molar-refractivity contribution in [1.82, 2.24) is 0 Å². The van der Waals surface area contributed by atoms with Crippen LogP contribution in [0.15, 0.2) is 0 Å². The molecule has 0 saturated heterocycles. The number of nitrogens with one attached hydrogen (secondary N) is 1. The fourth-order valence-electron chi connectivity index (χ4n) is 0.222. The van der Waals surface area contributed by atoms with Gasteiger partial charge >= 0.3 is 0 Å². The minimum atomic E-state index is 0.772. The normalized spacial score (nSPS) is 8.86. The molecule has 0 rings (SSSR count). The third kappa shape index (κ3) is 7.13. The zero-order valence-electron chi connectivity index (χ0n) is 3.88. The molecule has 3 heteroatoms. The summed E-state index contributed by atoms with van der Waals surface area (Å²) in [5.74, 6) is 0. The first-order valence-corrected chi connectivity index (χ1v) is 4.66. The van der Waals surface area contributed by atoms with Crippen LogP contribution in [0.3, 0.4) is 0 Å². The van der Waals surface area contributed by atoms with Gasteiger partial charge in [0.05, 0.1) is 3.72 Å². The highest BCUT2D eigenvalue weighted by Gasteiger charge is 1.86. The van der Waals surface area contributed by atoms with Gasteiger partial charge in [-0.05, 0) is 39.9 Å². The van der Waals surface area contributed by atoms with Crippen molar-refractivity contribution in [1.29, 1.82) is 5.41 Å². The second kappa shape index (κ2) is 5.27. The molecule has 0 aliphatic rings. The maximum absolute atomic E-state index is 6.98. The first kappa shape index (κ1) is 8.13. The number of hydrogen-bond donors (Lipinski definition) is 1. The average molecular weight is 323 g/mol. The van der Waals surface area contributed by atoms with Crippen LogP contribution in [0, 0.1) is 5.41 Å². The predicted molar refractivity (Wildman–Crippen MR) is 49.9 cm³/mol. The molecule has 0 aromatic heterocycles. The van der Waals surface area contributed by atoms with E-state index in [0.29, 0.717) is 0 Å². The van der Waals surface area contributed by atoms with Crippen molar-refractivity contribution in [3.05, 3.63) is 0 Å². The lowest BCUT2D eigenvalue weighted by Gasteiger charge is -1.87. The zero-order chi connectivity index (χ0) is 5.70. The Morgan fingerprint density at radius 2 is 2.14 bits per heavy atom. The van der Waals surface area contributed by atoms with Crippen LogP contribution in [0.5, 0.6) is 0 Å². The molecule has 0 heterocycles. The van der Waals surface area contributed by atoms with Crippen LogP contribution in [0.2, 0.25) is 0 Å². The zero-order valence-corrected chi connectivity index (χ0v) is 8.19. The molecule has 1 N–H and O–H groups in total. The summed E-state index contributed by atoms with van der Waals surface area (Å²) in [7, 11) is 0. The van der Waals surface area contributed by atoms with Gasteiger partial charge in [0.1, 0.15) is 0 Å². The quantitative estimate of drug-likeness (QED) is 0.469. The molecule has 0 amide bonds. The highest BCUT2D eigenvalue weighted by atomic mass is 127. The third-order valence-electron chi connectivity index (χ3n) is 0.530. The lowest BCUT2D eigenvalue weighted by Crippen LogP contribution is -1.82. The van der Waals surface area contributed by atoms with Crippen molar-refractivity contribution in [3.8, 4) is 0 Å². The van der Waals surface area contributed by atoms with Gasteiger partial charge in [0.2, 0.25) is 0 Å². The summed E-state index contributed by atoms with van der Waals surface area (Å²) in [6, 6.07) is 0. The summed E-state index contributed by atoms with van der Waals surface area (Å²) >= 11 is 4.37. The molecule has 0 aliphatic carbocycles. The molecular formula is C4H7I2N. The Morgan fingerprint density at radius 1 is 1.57 bits per heavy atom. The first-order valence-electron chi connectivity index (χ1n) is 2.06. The SMILES string of the molecule is N=C(I)CCCI. The van der Waals surface area contributed by atoms with E-state index in [4.69, 9.17) is 5.41 Å². The fraction of sp³-hybridized carbons (Fsp3) is 0.750. The topological polar surface area (TPSA) is 23.9 Å². The van der Waals surface area contributed by atoms with Crippen LogP contribution in [-0.2, 0) is 0 Å². The van der Waals surface area contributed by atoms with Gasteiger partial charge in [0, 0.05) is 0 Å². The van der Waals surface area contributed by atoms with Crippen molar-refractivity contribution in [2.24, 2.45) is 0 Å². The molecule has 0 aromatic rings. The molecule has 0 fully saturated rings. The van der Waals surface area contributed by atoms with Gasteiger partial charge in [-0.3, -0.25) is 5.41 Å². The smallest absolute Gasteiger partial charge is 0.0694 e. The van der Waals surface area contributed by atoms with E-state index in [2.05, 4.69) is 22.6 Å². The number of alkyl halides is 1.